The van der Waals surface area contributed by atoms with E-state index >= 15 is 0 Å². The molecule has 0 spiro atoms. The molecule has 1 aliphatic rings. The van der Waals surface area contributed by atoms with Crippen molar-refractivity contribution < 1.29 is 22.7 Å². The quantitative estimate of drug-likeness (QED) is 0.845. The van der Waals surface area contributed by atoms with Gasteiger partial charge in [0.1, 0.15) is 11.8 Å². The molecule has 1 aromatic heterocycles. The second-order valence-corrected chi connectivity index (χ2v) is 5.45. The van der Waals surface area contributed by atoms with Gasteiger partial charge in [-0.05, 0) is 29.8 Å². The molecule has 1 atom stereocenters. The lowest BCUT2D eigenvalue weighted by atomic mass is 10.0. The molecule has 0 radical (unpaired) electrons. The Hall–Kier alpha value is -2.41. The van der Waals surface area contributed by atoms with Crippen molar-refractivity contribution in [2.24, 2.45) is 0 Å². The van der Waals surface area contributed by atoms with Gasteiger partial charge in [-0.2, -0.15) is 13.2 Å². The van der Waals surface area contributed by atoms with E-state index in [1.54, 1.807) is 29.3 Å². The molecule has 4 nitrogen and oxygen atoms in total. The van der Waals surface area contributed by atoms with Gasteiger partial charge < -0.3 is 9.64 Å². The molecule has 1 saturated heterocycles. The summed E-state index contributed by atoms with van der Waals surface area (Å²) in [5.74, 6) is -0.212. The molecule has 24 heavy (non-hydrogen) atoms. The number of morpholine rings is 1. The Morgan fingerprint density at radius 2 is 1.92 bits per heavy atom. The van der Waals surface area contributed by atoms with Crippen molar-refractivity contribution in [2.75, 3.05) is 19.7 Å². The topological polar surface area (TPSA) is 42.4 Å². The third-order valence-electron chi connectivity index (χ3n) is 3.85. The molecule has 2 heterocycles. The second kappa shape index (κ2) is 6.60. The Labute approximate surface area is 136 Å². The zero-order valence-corrected chi connectivity index (χ0v) is 12.7. The van der Waals surface area contributed by atoms with Gasteiger partial charge in [0.2, 0.25) is 0 Å². The van der Waals surface area contributed by atoms with E-state index in [-0.39, 0.29) is 12.5 Å². The standard InChI is InChI=1S/C17H15F3N2O2/c18-17(19,20)13-6-4-12(5-7-13)15-11-22(9-10-24-15)16(23)14-3-1-2-8-21-14/h1-8,15H,9-11H2/t15-/m0/s1. The van der Waals surface area contributed by atoms with Gasteiger partial charge in [0, 0.05) is 12.7 Å². The summed E-state index contributed by atoms with van der Waals surface area (Å²) in [5.41, 5.74) is 0.246. The highest BCUT2D eigenvalue weighted by Gasteiger charge is 2.31. The number of pyridine rings is 1. The maximum Gasteiger partial charge on any atom is 0.416 e. The first-order chi connectivity index (χ1) is 11.4. The summed E-state index contributed by atoms with van der Waals surface area (Å²) in [6.45, 7) is 1.03. The summed E-state index contributed by atoms with van der Waals surface area (Å²) < 4.78 is 43.5. The van der Waals surface area contributed by atoms with Crippen LogP contribution in [0.4, 0.5) is 13.2 Å². The second-order valence-electron chi connectivity index (χ2n) is 5.45. The van der Waals surface area contributed by atoms with Crippen LogP contribution in [0, 0.1) is 0 Å². The van der Waals surface area contributed by atoms with Crippen molar-refractivity contribution in [1.82, 2.24) is 9.88 Å². The molecule has 0 aliphatic carbocycles. The van der Waals surface area contributed by atoms with E-state index in [9.17, 15) is 18.0 Å². The van der Waals surface area contributed by atoms with Crippen LogP contribution in [0.2, 0.25) is 0 Å². The lowest BCUT2D eigenvalue weighted by Crippen LogP contribution is -2.42. The average molecular weight is 336 g/mol. The number of ether oxygens (including phenoxy) is 1. The molecule has 0 N–H and O–H groups in total. The fraction of sp³-hybridized carbons (Fsp3) is 0.294. The molecule has 1 aromatic carbocycles. The van der Waals surface area contributed by atoms with Crippen LogP contribution >= 0.6 is 0 Å². The SMILES string of the molecule is O=C(c1ccccn1)N1CCO[C@H](c2ccc(C(F)(F)F)cc2)C1. The largest absolute Gasteiger partial charge is 0.416 e. The smallest absolute Gasteiger partial charge is 0.370 e. The van der Waals surface area contributed by atoms with Crippen molar-refractivity contribution in [1.29, 1.82) is 0 Å². The average Bonchev–Trinajstić information content (AvgIpc) is 2.61. The number of rotatable bonds is 2. The van der Waals surface area contributed by atoms with Crippen molar-refractivity contribution in [2.45, 2.75) is 12.3 Å². The monoisotopic (exact) mass is 336 g/mol. The Kier molecular flexibility index (Phi) is 4.53. The zero-order chi connectivity index (χ0) is 17.2. The fourth-order valence-electron chi connectivity index (χ4n) is 2.57. The molecule has 7 heteroatoms. The first-order valence-electron chi connectivity index (χ1n) is 7.44. The van der Waals surface area contributed by atoms with Crippen LogP contribution < -0.4 is 0 Å². The Morgan fingerprint density at radius 3 is 2.54 bits per heavy atom. The number of carbonyl (C=O) groups is 1. The lowest BCUT2D eigenvalue weighted by molar-refractivity contribution is -0.137. The van der Waals surface area contributed by atoms with Crippen molar-refractivity contribution in [3.63, 3.8) is 0 Å². The van der Waals surface area contributed by atoms with E-state index in [0.29, 0.717) is 24.4 Å². The van der Waals surface area contributed by atoms with E-state index in [1.807, 2.05) is 0 Å². The van der Waals surface area contributed by atoms with Crippen molar-refractivity contribution in [3.05, 3.63) is 65.5 Å². The maximum absolute atomic E-state index is 12.6. The number of hydrogen-bond donors (Lipinski definition) is 0. The number of amides is 1. The summed E-state index contributed by atoms with van der Waals surface area (Å²) in [6, 6.07) is 9.92. The molecule has 0 saturated carbocycles. The third-order valence-corrected chi connectivity index (χ3v) is 3.85. The molecule has 2 aromatic rings. The highest BCUT2D eigenvalue weighted by molar-refractivity contribution is 5.92. The number of halogens is 3. The predicted molar refractivity (Wildman–Crippen MR) is 80.3 cm³/mol. The molecular weight excluding hydrogens is 321 g/mol. The van der Waals surface area contributed by atoms with Gasteiger partial charge in [0.25, 0.3) is 5.91 Å². The Balaban J connectivity index is 1.73. The highest BCUT2D eigenvalue weighted by Crippen LogP contribution is 2.31. The summed E-state index contributed by atoms with van der Waals surface area (Å²) in [4.78, 5) is 18.1. The third kappa shape index (κ3) is 3.56. The van der Waals surface area contributed by atoms with Gasteiger partial charge >= 0.3 is 6.18 Å². The van der Waals surface area contributed by atoms with Crippen molar-refractivity contribution >= 4 is 5.91 Å². The first-order valence-corrected chi connectivity index (χ1v) is 7.44. The van der Waals surface area contributed by atoms with Gasteiger partial charge in [0.05, 0.1) is 18.7 Å². The molecule has 1 aliphatic heterocycles. The summed E-state index contributed by atoms with van der Waals surface area (Å²) >= 11 is 0. The van der Waals surface area contributed by atoms with Gasteiger partial charge in [-0.1, -0.05) is 18.2 Å². The van der Waals surface area contributed by atoms with Crippen LogP contribution in [-0.4, -0.2) is 35.5 Å². The van der Waals surface area contributed by atoms with E-state index in [0.717, 1.165) is 12.1 Å². The Bertz CT molecular complexity index is 702. The number of carbonyl (C=O) groups excluding carboxylic acids is 1. The Morgan fingerprint density at radius 1 is 1.17 bits per heavy atom. The zero-order valence-electron chi connectivity index (χ0n) is 12.7. The molecule has 0 unspecified atom stereocenters. The van der Waals surface area contributed by atoms with Crippen LogP contribution in [-0.2, 0) is 10.9 Å². The predicted octanol–water partition coefficient (Wildman–Crippen LogP) is 3.31. The first kappa shape index (κ1) is 16.4. The van der Waals surface area contributed by atoms with Crippen LogP contribution in [0.15, 0.2) is 48.7 Å². The van der Waals surface area contributed by atoms with E-state index in [2.05, 4.69) is 4.98 Å². The van der Waals surface area contributed by atoms with Gasteiger partial charge in [0.15, 0.2) is 0 Å². The molecule has 1 amide bonds. The summed E-state index contributed by atoms with van der Waals surface area (Å²) in [7, 11) is 0. The minimum absolute atomic E-state index is 0.212. The number of aromatic nitrogens is 1. The number of alkyl halides is 3. The number of nitrogens with zero attached hydrogens (tertiary/aromatic N) is 2. The molecule has 126 valence electrons. The maximum atomic E-state index is 12.6. The molecule has 0 bridgehead atoms. The van der Waals surface area contributed by atoms with Crippen LogP contribution in [0.1, 0.15) is 27.7 Å². The molecule has 1 fully saturated rings. The van der Waals surface area contributed by atoms with Gasteiger partial charge in [-0.3, -0.25) is 9.78 Å². The van der Waals surface area contributed by atoms with Gasteiger partial charge in [-0.15, -0.1) is 0 Å². The number of benzene rings is 1. The normalized spacial score (nSPS) is 18.5. The van der Waals surface area contributed by atoms with Crippen LogP contribution in [0.25, 0.3) is 0 Å². The summed E-state index contributed by atoms with van der Waals surface area (Å²) in [5, 5.41) is 0. The van der Waals surface area contributed by atoms with Gasteiger partial charge in [-0.25, -0.2) is 0 Å². The fourth-order valence-corrected chi connectivity index (χ4v) is 2.57. The van der Waals surface area contributed by atoms with E-state index in [4.69, 9.17) is 4.74 Å². The van der Waals surface area contributed by atoms with Crippen molar-refractivity contribution in [3.8, 4) is 0 Å². The minimum Gasteiger partial charge on any atom is -0.370 e. The number of hydrogen-bond acceptors (Lipinski definition) is 3. The van der Waals surface area contributed by atoms with Crippen LogP contribution in [0.3, 0.4) is 0 Å². The molecular formula is C17H15F3N2O2. The van der Waals surface area contributed by atoms with E-state index in [1.165, 1.54) is 12.1 Å². The summed E-state index contributed by atoms with van der Waals surface area (Å²) in [6.07, 6.45) is -3.28. The molecule has 3 rings (SSSR count). The highest BCUT2D eigenvalue weighted by atomic mass is 19.4. The van der Waals surface area contributed by atoms with E-state index < -0.39 is 17.8 Å². The minimum atomic E-state index is -4.37. The van der Waals surface area contributed by atoms with Crippen LogP contribution in [0.5, 0.6) is 0 Å². The lowest BCUT2D eigenvalue weighted by Gasteiger charge is -2.33.